The Morgan fingerprint density at radius 2 is 2.12 bits per heavy atom. The largest absolute Gasteiger partial charge is 0.463 e. The number of hydrogen-bond donors (Lipinski definition) is 0. The van der Waals surface area contributed by atoms with E-state index >= 15 is 0 Å². The molecule has 0 aromatic heterocycles. The Morgan fingerprint density at radius 1 is 1.47 bits per heavy atom. The van der Waals surface area contributed by atoms with Crippen molar-refractivity contribution in [2.45, 2.75) is 64.6 Å². The number of rotatable bonds is 4. The predicted octanol–water partition coefficient (Wildman–Crippen LogP) is 1.44. The molecule has 98 valence electrons. The van der Waals surface area contributed by atoms with E-state index in [-0.39, 0.29) is 24.6 Å². The Labute approximate surface area is 101 Å². The lowest BCUT2D eigenvalue weighted by molar-refractivity contribution is -0.291. The van der Waals surface area contributed by atoms with Gasteiger partial charge >= 0.3 is 5.97 Å². The Morgan fingerprint density at radius 3 is 2.65 bits per heavy atom. The molecule has 0 aromatic rings. The number of carbonyl (C=O) groups excluding carboxylic acids is 2. The van der Waals surface area contributed by atoms with Gasteiger partial charge in [0.2, 0.25) is 0 Å². The molecule has 0 radical (unpaired) electrons. The Bertz CT molecular complexity index is 285. The molecule has 2 atom stereocenters. The molecule has 0 bridgehead atoms. The van der Waals surface area contributed by atoms with Gasteiger partial charge < -0.3 is 19.0 Å². The molecule has 0 amide bonds. The zero-order valence-electron chi connectivity index (χ0n) is 10.8. The van der Waals surface area contributed by atoms with Crippen molar-refractivity contribution < 1.29 is 23.8 Å². The van der Waals surface area contributed by atoms with Crippen LogP contribution in [0, 0.1) is 0 Å². The van der Waals surface area contributed by atoms with Crippen molar-refractivity contribution >= 4 is 12.3 Å². The van der Waals surface area contributed by atoms with Crippen LogP contribution in [0.5, 0.6) is 0 Å². The second kappa shape index (κ2) is 5.60. The molecule has 0 saturated carbocycles. The van der Waals surface area contributed by atoms with Crippen LogP contribution in [0.25, 0.3) is 0 Å². The summed E-state index contributed by atoms with van der Waals surface area (Å²) in [7, 11) is 0. The Kier molecular flexibility index (Phi) is 4.65. The fourth-order valence-corrected chi connectivity index (χ4v) is 1.85. The summed E-state index contributed by atoms with van der Waals surface area (Å²) in [6, 6.07) is 0. The molecule has 5 nitrogen and oxygen atoms in total. The van der Waals surface area contributed by atoms with Crippen LogP contribution in [-0.2, 0) is 23.8 Å². The highest BCUT2D eigenvalue weighted by atomic mass is 16.7. The van der Waals surface area contributed by atoms with Crippen molar-refractivity contribution in [3.8, 4) is 0 Å². The maximum Gasteiger partial charge on any atom is 0.308 e. The number of ether oxygens (including phenoxy) is 3. The Hall–Kier alpha value is -0.940. The average Bonchev–Trinajstić information content (AvgIpc) is 2.13. The van der Waals surface area contributed by atoms with E-state index in [1.54, 1.807) is 27.7 Å². The van der Waals surface area contributed by atoms with Crippen LogP contribution in [0.15, 0.2) is 0 Å². The van der Waals surface area contributed by atoms with Gasteiger partial charge in [-0.2, -0.15) is 0 Å². The average molecular weight is 244 g/mol. The van der Waals surface area contributed by atoms with Crippen molar-refractivity contribution in [3.05, 3.63) is 0 Å². The predicted molar refractivity (Wildman–Crippen MR) is 60.4 cm³/mol. The van der Waals surface area contributed by atoms with Crippen LogP contribution >= 0.6 is 0 Å². The van der Waals surface area contributed by atoms with Gasteiger partial charge in [0.05, 0.1) is 18.6 Å². The van der Waals surface area contributed by atoms with Crippen molar-refractivity contribution in [2.24, 2.45) is 0 Å². The van der Waals surface area contributed by atoms with Crippen LogP contribution < -0.4 is 0 Å². The number of esters is 1. The van der Waals surface area contributed by atoms with Gasteiger partial charge in [-0.3, -0.25) is 4.79 Å². The van der Waals surface area contributed by atoms with Gasteiger partial charge in [0, 0.05) is 6.42 Å². The quantitative estimate of drug-likeness (QED) is 0.553. The van der Waals surface area contributed by atoms with Gasteiger partial charge in [0.25, 0.3) is 0 Å². The standard InChI is InChI=1S/C12H20O5/c1-8(2)15-11(14)6-9-5-10(7-13)17-12(3,4)16-9/h7-10H,5-6H2,1-4H3. The first kappa shape index (κ1) is 14.1. The summed E-state index contributed by atoms with van der Waals surface area (Å²) in [6.07, 6.45) is 0.286. The van der Waals surface area contributed by atoms with E-state index in [1.807, 2.05) is 0 Å². The topological polar surface area (TPSA) is 61.8 Å². The molecule has 1 saturated heterocycles. The number of hydrogen-bond acceptors (Lipinski definition) is 5. The molecule has 5 heteroatoms. The van der Waals surface area contributed by atoms with Crippen LogP contribution in [0.1, 0.15) is 40.5 Å². The highest BCUT2D eigenvalue weighted by Crippen LogP contribution is 2.27. The number of aldehydes is 1. The fourth-order valence-electron chi connectivity index (χ4n) is 1.85. The summed E-state index contributed by atoms with van der Waals surface area (Å²) in [5, 5.41) is 0. The third-order valence-electron chi connectivity index (χ3n) is 2.29. The van der Waals surface area contributed by atoms with Gasteiger partial charge in [0.1, 0.15) is 12.4 Å². The van der Waals surface area contributed by atoms with Gasteiger partial charge in [-0.15, -0.1) is 0 Å². The summed E-state index contributed by atoms with van der Waals surface area (Å²) in [6.45, 7) is 7.04. The van der Waals surface area contributed by atoms with Crippen molar-refractivity contribution in [2.75, 3.05) is 0 Å². The first-order chi connectivity index (χ1) is 7.82. The molecular weight excluding hydrogens is 224 g/mol. The monoisotopic (exact) mass is 244 g/mol. The van der Waals surface area contributed by atoms with Gasteiger partial charge in [-0.25, -0.2) is 0 Å². The molecule has 1 fully saturated rings. The summed E-state index contributed by atoms with van der Waals surface area (Å²) < 4.78 is 16.0. The molecule has 2 unspecified atom stereocenters. The van der Waals surface area contributed by atoms with E-state index in [1.165, 1.54) is 0 Å². The van der Waals surface area contributed by atoms with E-state index in [0.717, 1.165) is 6.29 Å². The molecular formula is C12H20O5. The van der Waals surface area contributed by atoms with Crippen molar-refractivity contribution in [1.82, 2.24) is 0 Å². The first-order valence-electron chi connectivity index (χ1n) is 5.83. The summed E-state index contributed by atoms with van der Waals surface area (Å²) in [5.41, 5.74) is 0. The van der Waals surface area contributed by atoms with E-state index in [4.69, 9.17) is 14.2 Å². The van der Waals surface area contributed by atoms with Crippen LogP contribution in [0.2, 0.25) is 0 Å². The lowest BCUT2D eigenvalue weighted by Crippen LogP contribution is -2.46. The summed E-state index contributed by atoms with van der Waals surface area (Å²) >= 11 is 0. The maximum atomic E-state index is 11.5. The smallest absolute Gasteiger partial charge is 0.308 e. The zero-order chi connectivity index (χ0) is 13.1. The van der Waals surface area contributed by atoms with Gasteiger partial charge in [0.15, 0.2) is 5.79 Å². The van der Waals surface area contributed by atoms with Gasteiger partial charge in [-0.1, -0.05) is 0 Å². The number of carbonyl (C=O) groups is 2. The molecule has 0 aromatic carbocycles. The zero-order valence-corrected chi connectivity index (χ0v) is 10.8. The highest BCUT2D eigenvalue weighted by Gasteiger charge is 2.36. The van der Waals surface area contributed by atoms with Crippen molar-refractivity contribution in [1.29, 1.82) is 0 Å². The van der Waals surface area contributed by atoms with E-state index < -0.39 is 11.9 Å². The molecule has 17 heavy (non-hydrogen) atoms. The highest BCUT2D eigenvalue weighted by molar-refractivity contribution is 5.70. The molecule has 0 spiro atoms. The van der Waals surface area contributed by atoms with E-state index in [9.17, 15) is 9.59 Å². The van der Waals surface area contributed by atoms with Crippen molar-refractivity contribution in [3.63, 3.8) is 0 Å². The van der Waals surface area contributed by atoms with E-state index in [0.29, 0.717) is 6.42 Å². The Balaban J connectivity index is 2.52. The van der Waals surface area contributed by atoms with Crippen LogP contribution in [0.3, 0.4) is 0 Å². The van der Waals surface area contributed by atoms with Crippen LogP contribution in [0.4, 0.5) is 0 Å². The first-order valence-corrected chi connectivity index (χ1v) is 5.83. The summed E-state index contributed by atoms with van der Waals surface area (Å²) in [4.78, 5) is 22.3. The molecule has 0 N–H and O–H groups in total. The lowest BCUT2D eigenvalue weighted by atomic mass is 10.1. The molecule has 1 heterocycles. The molecule has 0 aliphatic carbocycles. The second-order valence-electron chi connectivity index (χ2n) is 4.91. The maximum absolute atomic E-state index is 11.5. The van der Waals surface area contributed by atoms with E-state index in [2.05, 4.69) is 0 Å². The molecule has 1 aliphatic rings. The van der Waals surface area contributed by atoms with Crippen LogP contribution in [-0.4, -0.2) is 36.4 Å². The molecule has 1 aliphatic heterocycles. The minimum atomic E-state index is -0.841. The molecule has 1 rings (SSSR count). The normalized spacial score (nSPS) is 27.8. The minimum absolute atomic E-state index is 0.141. The fraction of sp³-hybridized carbons (Fsp3) is 0.833. The summed E-state index contributed by atoms with van der Waals surface area (Å²) in [5.74, 6) is -1.15. The third kappa shape index (κ3) is 4.83. The lowest BCUT2D eigenvalue weighted by Gasteiger charge is -2.38. The van der Waals surface area contributed by atoms with Gasteiger partial charge in [-0.05, 0) is 27.7 Å². The minimum Gasteiger partial charge on any atom is -0.463 e. The SMILES string of the molecule is CC(C)OC(=O)CC1CC(C=O)OC(C)(C)O1. The third-order valence-corrected chi connectivity index (χ3v) is 2.29. The second-order valence-corrected chi connectivity index (χ2v) is 4.91.